The number of nitrogens with two attached hydrogens (primary N) is 1. The van der Waals surface area contributed by atoms with E-state index in [0.29, 0.717) is 22.9 Å². The van der Waals surface area contributed by atoms with Crippen LogP contribution in [-0.4, -0.2) is 52.8 Å². The van der Waals surface area contributed by atoms with Crippen LogP contribution in [0.5, 0.6) is 0 Å². The van der Waals surface area contributed by atoms with E-state index in [1.54, 1.807) is 60.7 Å². The summed E-state index contributed by atoms with van der Waals surface area (Å²) in [4.78, 5) is 36.8. The van der Waals surface area contributed by atoms with Crippen molar-refractivity contribution in [2.45, 2.75) is 19.4 Å². The van der Waals surface area contributed by atoms with Crippen molar-refractivity contribution in [1.82, 2.24) is 11.0 Å². The average Bonchev–Trinajstić information content (AvgIpc) is 3.13. The first-order valence-corrected chi connectivity index (χ1v) is 18.7. The Morgan fingerprint density at radius 2 is 1.16 bits per heavy atom. The van der Waals surface area contributed by atoms with Gasteiger partial charge in [-0.3, -0.25) is 5.26 Å². The van der Waals surface area contributed by atoms with Crippen LogP contribution in [0.3, 0.4) is 0 Å². The minimum atomic E-state index is -4.74. The van der Waals surface area contributed by atoms with E-state index in [2.05, 4.69) is 54.6 Å². The summed E-state index contributed by atoms with van der Waals surface area (Å²) < 4.78 is 67.3. The number of hydrogen-bond donors (Lipinski definition) is 5. The molecule has 0 aliphatic rings. The molecule has 2 atom stereocenters. The number of carbonyl (C=O) groups excluding carboxylic acids is 2. The van der Waals surface area contributed by atoms with Gasteiger partial charge >= 0.3 is 76.9 Å². The molecule has 0 saturated carbocycles. The second-order valence-electron chi connectivity index (χ2n) is 7.84. The van der Waals surface area contributed by atoms with Crippen molar-refractivity contribution in [3.05, 3.63) is 108 Å². The van der Waals surface area contributed by atoms with Gasteiger partial charge in [-0.15, -0.1) is 9.24 Å². The summed E-state index contributed by atoms with van der Waals surface area (Å²) in [5, 5.41) is 16.3. The molecule has 3 aromatic carbocycles. The molecule has 0 aromatic heterocycles. The van der Waals surface area contributed by atoms with Crippen molar-refractivity contribution in [2.75, 3.05) is 6.66 Å². The van der Waals surface area contributed by atoms with Crippen molar-refractivity contribution >= 4 is 76.9 Å². The summed E-state index contributed by atoms with van der Waals surface area (Å²) in [6.07, 6.45) is 0. The van der Waals surface area contributed by atoms with Gasteiger partial charge in [-0.2, -0.15) is 27.0 Å². The fraction of sp³-hybridized carbons (Fsp3) is 0.167. The predicted octanol–water partition coefficient (Wildman–Crippen LogP) is 3.54. The molecule has 0 spiro atoms. The van der Waals surface area contributed by atoms with Crippen molar-refractivity contribution in [2.24, 2.45) is 5.90 Å². The molecule has 2 unspecified atom stereocenters. The third kappa shape index (κ3) is 28.1. The second kappa shape index (κ2) is 32.2. The Morgan fingerprint density at radius 3 is 1.44 bits per heavy atom. The van der Waals surface area contributed by atoms with Crippen LogP contribution in [0.1, 0.15) is 40.1 Å². The Kier molecular flexibility index (Phi) is 34.9. The first kappa shape index (κ1) is 54.1. The van der Waals surface area contributed by atoms with Gasteiger partial charge in [0.05, 0.1) is 11.1 Å². The first-order chi connectivity index (χ1) is 23.1. The molecule has 19 nitrogen and oxygen atoms in total. The summed E-state index contributed by atoms with van der Waals surface area (Å²) in [6, 6.07) is 26.2. The standard InChI is InChI=1S/C14H10O4.C9H12O2.CH5P.BH2OP.H4N2O8S2.H3N.OPS/c15-13(11-7-3-1-4-8-11)17-18-14(16)12-9-5-2-6-10-12;1-9(2,11-10)8-6-4-3-5-7-8;1-2;2-1-3;1-8-12(6,7)10-9-11(4,5)2-3;;1-2-3/h1-10H;3-7,10H,1-2H3;2H2,1H3;3H2;2-3H,1H2;1H3;/q;;;;;;+1. The van der Waals surface area contributed by atoms with Crippen LogP contribution in [0, 0.1) is 0 Å². The Balaban J connectivity index is -0.000000292. The molecule has 0 aliphatic heterocycles. The van der Waals surface area contributed by atoms with Crippen LogP contribution in [0.25, 0.3) is 0 Å². The number of benzene rings is 3. The molecule has 3 aromatic rings. The van der Waals surface area contributed by atoms with E-state index < -0.39 is 38.2 Å². The van der Waals surface area contributed by atoms with Gasteiger partial charge in [-0.25, -0.2) is 24.3 Å². The van der Waals surface area contributed by atoms with Gasteiger partial charge < -0.3 is 11.4 Å². The van der Waals surface area contributed by atoms with Gasteiger partial charge in [0.1, 0.15) is 5.60 Å². The fourth-order valence-corrected chi connectivity index (χ4v) is 2.94. The maximum absolute atomic E-state index is 11.5. The zero-order valence-electron chi connectivity index (χ0n) is 26.5. The van der Waals surface area contributed by atoms with E-state index in [0.717, 1.165) is 5.56 Å². The zero-order chi connectivity index (χ0) is 38.4. The molecular weight excluding hydrogens is 786 g/mol. The number of rotatable bonds is 9. The summed E-state index contributed by atoms with van der Waals surface area (Å²) in [5.41, 5.74) is 0.987. The molecule has 0 amide bonds. The van der Waals surface area contributed by atoms with E-state index in [1.807, 2.05) is 60.0 Å². The van der Waals surface area contributed by atoms with Crippen molar-refractivity contribution in [1.29, 1.82) is 0 Å². The fourth-order valence-electron chi connectivity index (χ4n) is 2.31. The second-order valence-corrected chi connectivity index (χ2v) is 11.1. The summed E-state index contributed by atoms with van der Waals surface area (Å²) in [5.74, 6) is 2.69. The Hall–Kier alpha value is -2.69. The molecule has 0 fully saturated rings. The molecule has 278 valence electrons. The van der Waals surface area contributed by atoms with Gasteiger partial charge in [0, 0.05) is 0 Å². The Bertz CT molecular complexity index is 1510. The van der Waals surface area contributed by atoms with Crippen molar-refractivity contribution in [3.63, 3.8) is 0 Å². The van der Waals surface area contributed by atoms with Gasteiger partial charge in [0.15, 0.2) is 0 Å². The van der Waals surface area contributed by atoms with Crippen LogP contribution in [0.4, 0.5) is 0 Å². The SMILES string of the molecule is CC(C)(OO)c1ccccc1.CP.N.NOS(=O)(=O)OOS(=O)(=O)NO.O=BP.O=C(OOC(=O)c1ccccc1)c1ccccc1.O=[P+]=S. The van der Waals surface area contributed by atoms with Crippen LogP contribution in [0.2, 0.25) is 0 Å². The number of nitrogens with one attached hydrogen (secondary N) is 1. The number of carbonyl (C=O) groups is 2. The molecule has 0 bridgehead atoms. The minimum absolute atomic E-state index is 0. The third-order valence-corrected chi connectivity index (χ3v) is 5.37. The van der Waals surface area contributed by atoms with Gasteiger partial charge in [-0.1, -0.05) is 86.9 Å². The van der Waals surface area contributed by atoms with E-state index in [1.165, 1.54) is 0 Å². The molecule has 26 heteroatoms. The summed E-state index contributed by atoms with van der Waals surface area (Å²) in [7, 11) is -5.37. The van der Waals surface area contributed by atoms with Crippen LogP contribution in [-0.2, 0) is 75.0 Å². The Labute approximate surface area is 300 Å². The van der Waals surface area contributed by atoms with E-state index in [-0.39, 0.29) is 13.4 Å². The molecule has 0 saturated heterocycles. The van der Waals surface area contributed by atoms with Crippen LogP contribution >= 0.6 is 25.6 Å². The van der Waals surface area contributed by atoms with E-state index in [4.69, 9.17) is 19.7 Å². The van der Waals surface area contributed by atoms with Gasteiger partial charge in [-0.05, 0) is 43.7 Å². The third-order valence-electron chi connectivity index (χ3n) is 4.34. The van der Waals surface area contributed by atoms with Crippen LogP contribution in [0.15, 0.2) is 91.0 Å². The van der Waals surface area contributed by atoms with Gasteiger partial charge in [0.25, 0.3) is 0 Å². The van der Waals surface area contributed by atoms with Crippen molar-refractivity contribution in [3.8, 4) is 0 Å². The zero-order valence-corrected chi connectivity index (χ0v) is 32.1. The molecule has 50 heavy (non-hydrogen) atoms. The van der Waals surface area contributed by atoms with E-state index >= 15 is 0 Å². The quantitative estimate of drug-likeness (QED) is 0.0892. The average molecular weight is 822 g/mol. The van der Waals surface area contributed by atoms with E-state index in [9.17, 15) is 26.4 Å². The van der Waals surface area contributed by atoms with Crippen molar-refractivity contribution < 1.29 is 73.8 Å². The molecular formula is C24H36BN3O16P3S3+. The monoisotopic (exact) mass is 822 g/mol. The molecule has 0 radical (unpaired) electrons. The molecule has 8 N–H and O–H groups in total. The number of hydrogen-bond acceptors (Lipinski definition) is 19. The normalized spacial score (nSPS) is 9.68. The first-order valence-electron chi connectivity index (χ1n) is 12.4. The topological polar surface area (TPSA) is 305 Å². The predicted molar refractivity (Wildman–Crippen MR) is 189 cm³/mol. The van der Waals surface area contributed by atoms with Gasteiger partial charge in [0.2, 0.25) is 0 Å². The van der Waals surface area contributed by atoms with Crippen LogP contribution < -0.4 is 16.9 Å². The Morgan fingerprint density at radius 1 is 0.840 bits per heavy atom. The molecule has 3 rings (SSSR count). The molecule has 0 aliphatic carbocycles. The molecule has 0 heterocycles. The summed E-state index contributed by atoms with van der Waals surface area (Å²) in [6.45, 7) is 6.20. The maximum atomic E-state index is 11.5. The summed E-state index contributed by atoms with van der Waals surface area (Å²) >= 11 is 3.81.